The Morgan fingerprint density at radius 2 is 1.59 bits per heavy atom. The van der Waals surface area contributed by atoms with Crippen LogP contribution in [-0.2, 0) is 6.42 Å². The number of aromatic nitrogens is 4. The number of likely N-dealkylation sites (tertiary alicyclic amines) is 2. The number of urea groups is 1. The summed E-state index contributed by atoms with van der Waals surface area (Å²) < 4.78 is 0. The molecule has 7 nitrogen and oxygen atoms in total. The van der Waals surface area contributed by atoms with E-state index >= 15 is 0 Å². The van der Waals surface area contributed by atoms with Crippen molar-refractivity contribution in [2.24, 2.45) is 16.7 Å². The number of carbonyl (C=O) groups is 1. The molecule has 2 amide bonds. The number of carbonyl (C=O) groups excluding carboxylic acids is 1. The summed E-state index contributed by atoms with van der Waals surface area (Å²) >= 11 is 6.06. The SMILES string of the molecule is O=C(N1CC2(CC(Cc3cncc(Cl)c3)C2)C1)N1CC2(CC(c3nnc(C4CC4)[nH]3)C2)C1. The highest BCUT2D eigenvalue weighted by Gasteiger charge is 2.58. The van der Waals surface area contributed by atoms with Gasteiger partial charge in [0, 0.05) is 61.2 Å². The zero-order chi connectivity index (χ0) is 21.5. The topological polar surface area (TPSA) is 78.0 Å². The fraction of sp³-hybridized carbons (Fsp3) is 0.667. The molecule has 1 N–H and O–H groups in total. The Hall–Kier alpha value is -2.15. The fourth-order valence-corrected chi connectivity index (χ4v) is 7.11. The lowest BCUT2D eigenvalue weighted by atomic mass is 9.56. The zero-order valence-corrected chi connectivity index (χ0v) is 19.0. The van der Waals surface area contributed by atoms with Gasteiger partial charge in [-0.15, -0.1) is 10.2 Å². The number of amides is 2. The summed E-state index contributed by atoms with van der Waals surface area (Å²) in [5.74, 6) is 3.98. The number of aromatic amines is 1. The lowest BCUT2D eigenvalue weighted by Gasteiger charge is -2.63. The van der Waals surface area contributed by atoms with Crippen LogP contribution in [0.2, 0.25) is 5.02 Å². The summed E-state index contributed by atoms with van der Waals surface area (Å²) in [4.78, 5) is 24.7. The molecule has 2 saturated heterocycles. The van der Waals surface area contributed by atoms with Crippen molar-refractivity contribution < 1.29 is 4.79 Å². The van der Waals surface area contributed by atoms with E-state index in [-0.39, 0.29) is 6.03 Å². The molecule has 32 heavy (non-hydrogen) atoms. The first-order chi connectivity index (χ1) is 15.5. The minimum Gasteiger partial charge on any atom is -0.328 e. The number of pyridine rings is 1. The minimum atomic E-state index is 0.253. The van der Waals surface area contributed by atoms with Crippen molar-refractivity contribution >= 4 is 17.6 Å². The Bertz CT molecular complexity index is 1050. The molecule has 0 radical (unpaired) electrons. The van der Waals surface area contributed by atoms with Gasteiger partial charge >= 0.3 is 6.03 Å². The number of hydrogen-bond donors (Lipinski definition) is 1. The lowest BCUT2D eigenvalue weighted by molar-refractivity contribution is -0.100. The van der Waals surface area contributed by atoms with Crippen LogP contribution in [0.5, 0.6) is 0 Å². The van der Waals surface area contributed by atoms with Gasteiger partial charge in [0.15, 0.2) is 0 Å². The van der Waals surface area contributed by atoms with Gasteiger partial charge in [-0.3, -0.25) is 4.98 Å². The van der Waals surface area contributed by atoms with Gasteiger partial charge in [-0.2, -0.15) is 0 Å². The van der Waals surface area contributed by atoms with Gasteiger partial charge in [0.1, 0.15) is 11.6 Å². The maximum Gasteiger partial charge on any atom is 0.320 e. The molecule has 7 rings (SSSR count). The molecule has 2 aliphatic heterocycles. The molecule has 2 aromatic rings. The molecule has 168 valence electrons. The molecule has 0 unspecified atom stereocenters. The quantitative estimate of drug-likeness (QED) is 0.760. The van der Waals surface area contributed by atoms with Crippen LogP contribution >= 0.6 is 11.6 Å². The molecule has 5 aliphatic rings. The minimum absolute atomic E-state index is 0.253. The van der Waals surface area contributed by atoms with E-state index in [1.165, 1.54) is 31.2 Å². The van der Waals surface area contributed by atoms with Crippen LogP contribution in [0.25, 0.3) is 0 Å². The van der Waals surface area contributed by atoms with E-state index in [2.05, 4.69) is 30.0 Å². The second-order valence-electron chi connectivity index (χ2n) is 11.5. The summed E-state index contributed by atoms with van der Waals surface area (Å²) in [6.45, 7) is 3.70. The van der Waals surface area contributed by atoms with Crippen LogP contribution in [-0.4, -0.2) is 62.2 Å². The molecule has 3 saturated carbocycles. The highest BCUT2D eigenvalue weighted by molar-refractivity contribution is 6.30. The van der Waals surface area contributed by atoms with E-state index < -0.39 is 0 Å². The Balaban J connectivity index is 0.856. The van der Waals surface area contributed by atoms with Crippen LogP contribution in [0.3, 0.4) is 0 Å². The standard InChI is InChI=1S/C24H29ClN6O/c25-19-4-15(9-26-10-19)3-16-5-23(6-16)11-30(12-23)22(32)31-13-24(14-31)7-18(8-24)21-27-20(28-29-21)17-1-2-17/h4,9-10,16-18H,1-3,5-8,11-14H2,(H,27,28,29). The first-order valence-corrected chi connectivity index (χ1v) is 12.4. The smallest absolute Gasteiger partial charge is 0.320 e. The van der Waals surface area contributed by atoms with Crippen molar-refractivity contribution in [2.75, 3.05) is 26.2 Å². The molecule has 2 aromatic heterocycles. The largest absolute Gasteiger partial charge is 0.328 e. The third-order valence-electron chi connectivity index (χ3n) is 8.61. The predicted molar refractivity (Wildman–Crippen MR) is 119 cm³/mol. The number of nitrogens with zero attached hydrogens (tertiary/aromatic N) is 5. The first kappa shape index (κ1) is 19.3. The Morgan fingerprint density at radius 1 is 0.969 bits per heavy atom. The zero-order valence-electron chi connectivity index (χ0n) is 18.3. The average Bonchev–Trinajstić information content (AvgIpc) is 3.38. The predicted octanol–water partition coefficient (Wildman–Crippen LogP) is 3.98. The van der Waals surface area contributed by atoms with Gasteiger partial charge in [0.2, 0.25) is 0 Å². The molecule has 8 heteroatoms. The Morgan fingerprint density at radius 3 is 2.22 bits per heavy atom. The first-order valence-electron chi connectivity index (χ1n) is 12.0. The summed E-state index contributed by atoms with van der Waals surface area (Å²) in [5.41, 5.74) is 1.94. The normalized spacial score (nSPS) is 25.9. The molecule has 4 heterocycles. The summed E-state index contributed by atoms with van der Waals surface area (Å²) in [7, 11) is 0. The average molecular weight is 453 g/mol. The van der Waals surface area contributed by atoms with Crippen LogP contribution in [0.4, 0.5) is 4.79 Å². The van der Waals surface area contributed by atoms with E-state index in [0.29, 0.717) is 33.6 Å². The number of halogens is 1. The monoisotopic (exact) mass is 452 g/mol. The molecule has 2 spiro atoms. The van der Waals surface area contributed by atoms with E-state index in [4.69, 9.17) is 11.6 Å². The molecular weight excluding hydrogens is 424 g/mol. The number of H-pyrrole nitrogens is 1. The fourth-order valence-electron chi connectivity index (χ4n) is 6.92. The van der Waals surface area contributed by atoms with E-state index in [1.807, 2.05) is 12.3 Å². The summed E-state index contributed by atoms with van der Waals surface area (Å²) in [6, 6.07) is 2.28. The highest BCUT2D eigenvalue weighted by atomic mass is 35.5. The van der Waals surface area contributed by atoms with Gasteiger partial charge in [-0.25, -0.2) is 4.79 Å². The number of nitrogens with one attached hydrogen (secondary N) is 1. The molecule has 5 fully saturated rings. The van der Waals surface area contributed by atoms with Gasteiger partial charge in [0.05, 0.1) is 5.02 Å². The highest BCUT2D eigenvalue weighted by Crippen LogP contribution is 2.57. The second kappa shape index (κ2) is 6.69. The van der Waals surface area contributed by atoms with Crippen LogP contribution in [0.15, 0.2) is 18.5 Å². The van der Waals surface area contributed by atoms with E-state index in [9.17, 15) is 4.79 Å². The maximum absolute atomic E-state index is 12.9. The van der Waals surface area contributed by atoms with Crippen molar-refractivity contribution in [3.8, 4) is 0 Å². The van der Waals surface area contributed by atoms with Crippen molar-refractivity contribution in [3.05, 3.63) is 40.7 Å². The van der Waals surface area contributed by atoms with Crippen molar-refractivity contribution in [3.63, 3.8) is 0 Å². The summed E-state index contributed by atoms with van der Waals surface area (Å²) in [5, 5.41) is 9.44. The van der Waals surface area contributed by atoms with Crippen LogP contribution in [0, 0.1) is 16.7 Å². The lowest BCUT2D eigenvalue weighted by Crippen LogP contribution is -2.70. The maximum atomic E-state index is 12.9. The number of rotatable bonds is 4. The van der Waals surface area contributed by atoms with E-state index in [0.717, 1.165) is 57.1 Å². The van der Waals surface area contributed by atoms with Crippen molar-refractivity contribution in [2.45, 2.75) is 56.8 Å². The van der Waals surface area contributed by atoms with Crippen molar-refractivity contribution in [1.82, 2.24) is 30.0 Å². The van der Waals surface area contributed by atoms with Crippen LogP contribution in [0.1, 0.15) is 67.6 Å². The third-order valence-corrected chi connectivity index (χ3v) is 8.81. The van der Waals surface area contributed by atoms with Gasteiger partial charge < -0.3 is 14.8 Å². The van der Waals surface area contributed by atoms with Crippen molar-refractivity contribution in [1.29, 1.82) is 0 Å². The summed E-state index contributed by atoms with van der Waals surface area (Å²) in [6.07, 6.45) is 11.9. The second-order valence-corrected chi connectivity index (χ2v) is 11.9. The molecule has 3 aliphatic carbocycles. The van der Waals surface area contributed by atoms with Crippen LogP contribution < -0.4 is 0 Å². The molecule has 0 bridgehead atoms. The van der Waals surface area contributed by atoms with Gasteiger partial charge in [-0.1, -0.05) is 11.6 Å². The molecule has 0 aromatic carbocycles. The number of hydrogen-bond acceptors (Lipinski definition) is 4. The molecule has 0 atom stereocenters. The Labute approximate surface area is 192 Å². The van der Waals surface area contributed by atoms with Gasteiger partial charge in [-0.05, 0) is 62.5 Å². The Kier molecular flexibility index (Phi) is 4.04. The van der Waals surface area contributed by atoms with Gasteiger partial charge in [0.25, 0.3) is 0 Å². The van der Waals surface area contributed by atoms with E-state index in [1.54, 1.807) is 6.20 Å². The molecular formula is C24H29ClN6O. The third kappa shape index (κ3) is 3.15.